The summed E-state index contributed by atoms with van der Waals surface area (Å²) in [7, 11) is 0. The molecule has 0 bridgehead atoms. The van der Waals surface area contributed by atoms with Crippen molar-refractivity contribution in [1.29, 1.82) is 0 Å². The average molecular weight is 378 g/mol. The first kappa shape index (κ1) is 17.9. The van der Waals surface area contributed by atoms with E-state index in [0.29, 0.717) is 0 Å². The molecule has 1 N–H and O–H groups in total. The van der Waals surface area contributed by atoms with Crippen molar-refractivity contribution in [2.75, 3.05) is 13.1 Å². The minimum absolute atomic E-state index is 0.00116. The smallest absolute Gasteiger partial charge is 0.263 e. The molecule has 0 radical (unpaired) electrons. The third kappa shape index (κ3) is 4.26. The molecular formula is C22H23N3OS. The van der Waals surface area contributed by atoms with Crippen LogP contribution in [0.1, 0.15) is 27.3 Å². The van der Waals surface area contributed by atoms with Crippen LogP contribution in [0.5, 0.6) is 0 Å². The maximum absolute atomic E-state index is 12.8. The standard InChI is InChI=1S/C22H23N3OS/c1-16-20(27-22(23-16)18-10-6-3-7-11-18)21(26)24-19-12-13-25(15-19)14-17-8-4-2-5-9-17/h2-11,19H,12-15H2,1H3,(H,24,26)/t19-/m1/s1. The van der Waals surface area contributed by atoms with E-state index in [0.717, 1.165) is 47.2 Å². The topological polar surface area (TPSA) is 45.2 Å². The van der Waals surface area contributed by atoms with Gasteiger partial charge in [-0.2, -0.15) is 0 Å². The molecule has 1 fully saturated rings. The highest BCUT2D eigenvalue weighted by molar-refractivity contribution is 7.17. The van der Waals surface area contributed by atoms with E-state index in [-0.39, 0.29) is 11.9 Å². The summed E-state index contributed by atoms with van der Waals surface area (Å²) in [6.07, 6.45) is 0.988. The molecule has 1 aliphatic heterocycles. The lowest BCUT2D eigenvalue weighted by molar-refractivity contribution is 0.0941. The SMILES string of the molecule is Cc1nc(-c2ccccc2)sc1C(=O)N[C@@H]1CCN(Cc2ccccc2)C1. The number of hydrogen-bond donors (Lipinski definition) is 1. The largest absolute Gasteiger partial charge is 0.347 e. The Hall–Kier alpha value is -2.50. The molecule has 5 heteroatoms. The Morgan fingerprint density at radius 2 is 1.85 bits per heavy atom. The number of rotatable bonds is 5. The van der Waals surface area contributed by atoms with Gasteiger partial charge in [-0.15, -0.1) is 11.3 Å². The molecule has 3 aromatic rings. The van der Waals surface area contributed by atoms with Gasteiger partial charge in [0.15, 0.2) is 0 Å². The van der Waals surface area contributed by atoms with Crippen molar-refractivity contribution < 1.29 is 4.79 Å². The molecule has 1 aliphatic rings. The van der Waals surface area contributed by atoms with Crippen LogP contribution in [0.2, 0.25) is 0 Å². The lowest BCUT2D eigenvalue weighted by Crippen LogP contribution is -2.36. The Labute approximate surface area is 163 Å². The number of likely N-dealkylation sites (tertiary alicyclic amines) is 1. The fourth-order valence-corrected chi connectivity index (χ4v) is 4.47. The molecule has 4 rings (SSSR count). The number of nitrogens with one attached hydrogen (secondary N) is 1. The molecule has 27 heavy (non-hydrogen) atoms. The van der Waals surface area contributed by atoms with E-state index >= 15 is 0 Å². The van der Waals surface area contributed by atoms with Gasteiger partial charge in [0.05, 0.1) is 5.69 Å². The van der Waals surface area contributed by atoms with Gasteiger partial charge >= 0.3 is 0 Å². The van der Waals surface area contributed by atoms with Crippen molar-refractivity contribution in [1.82, 2.24) is 15.2 Å². The quantitative estimate of drug-likeness (QED) is 0.727. The van der Waals surface area contributed by atoms with Gasteiger partial charge in [0, 0.05) is 31.2 Å². The van der Waals surface area contributed by atoms with Crippen molar-refractivity contribution in [3.63, 3.8) is 0 Å². The molecule has 1 saturated heterocycles. The number of aryl methyl sites for hydroxylation is 1. The zero-order chi connectivity index (χ0) is 18.6. The van der Waals surface area contributed by atoms with E-state index in [9.17, 15) is 4.79 Å². The Bertz CT molecular complexity index is 908. The molecule has 0 aliphatic carbocycles. The van der Waals surface area contributed by atoms with Gasteiger partial charge in [-0.3, -0.25) is 9.69 Å². The number of nitrogens with zero attached hydrogens (tertiary/aromatic N) is 2. The summed E-state index contributed by atoms with van der Waals surface area (Å²) < 4.78 is 0. The zero-order valence-corrected chi connectivity index (χ0v) is 16.2. The van der Waals surface area contributed by atoms with Crippen LogP contribution in [-0.4, -0.2) is 34.9 Å². The van der Waals surface area contributed by atoms with Gasteiger partial charge in [0.1, 0.15) is 9.88 Å². The van der Waals surface area contributed by atoms with Gasteiger partial charge in [0.25, 0.3) is 5.91 Å². The maximum atomic E-state index is 12.8. The lowest BCUT2D eigenvalue weighted by Gasteiger charge is -2.16. The average Bonchev–Trinajstić information content (AvgIpc) is 3.29. The molecular weight excluding hydrogens is 354 g/mol. The van der Waals surface area contributed by atoms with Crippen LogP contribution in [0.25, 0.3) is 10.6 Å². The van der Waals surface area contributed by atoms with Crippen LogP contribution in [0, 0.1) is 6.92 Å². The summed E-state index contributed by atoms with van der Waals surface area (Å²) in [5.41, 5.74) is 3.17. The number of hydrogen-bond acceptors (Lipinski definition) is 4. The Balaban J connectivity index is 1.38. The number of carbonyl (C=O) groups excluding carboxylic acids is 1. The van der Waals surface area contributed by atoms with Crippen molar-refractivity contribution in [3.8, 4) is 10.6 Å². The Morgan fingerprint density at radius 1 is 1.15 bits per heavy atom. The van der Waals surface area contributed by atoms with Crippen LogP contribution in [0.3, 0.4) is 0 Å². The van der Waals surface area contributed by atoms with E-state index in [4.69, 9.17) is 0 Å². The summed E-state index contributed by atoms with van der Waals surface area (Å²) in [6.45, 7) is 4.75. The molecule has 1 aromatic heterocycles. The molecule has 2 aromatic carbocycles. The minimum Gasteiger partial charge on any atom is -0.347 e. The fourth-order valence-electron chi connectivity index (χ4n) is 3.50. The first-order valence-electron chi connectivity index (χ1n) is 9.29. The maximum Gasteiger partial charge on any atom is 0.263 e. The van der Waals surface area contributed by atoms with E-state index < -0.39 is 0 Å². The van der Waals surface area contributed by atoms with Crippen LogP contribution < -0.4 is 5.32 Å². The second-order valence-corrected chi connectivity index (χ2v) is 7.98. The van der Waals surface area contributed by atoms with Crippen LogP contribution in [-0.2, 0) is 6.54 Å². The molecule has 1 amide bonds. The number of thiazole rings is 1. The predicted octanol–water partition coefficient (Wildman–Crippen LogP) is 4.12. The summed E-state index contributed by atoms with van der Waals surface area (Å²) in [6, 6.07) is 20.7. The zero-order valence-electron chi connectivity index (χ0n) is 15.4. The first-order valence-corrected chi connectivity index (χ1v) is 10.1. The molecule has 1 atom stereocenters. The van der Waals surface area contributed by atoms with Crippen molar-refractivity contribution in [2.45, 2.75) is 25.9 Å². The second-order valence-electron chi connectivity index (χ2n) is 6.98. The normalized spacial score (nSPS) is 17.1. The summed E-state index contributed by atoms with van der Waals surface area (Å²) in [5.74, 6) is -0.00116. The van der Waals surface area contributed by atoms with Crippen LogP contribution in [0.4, 0.5) is 0 Å². The monoisotopic (exact) mass is 377 g/mol. The minimum atomic E-state index is -0.00116. The number of aromatic nitrogens is 1. The highest BCUT2D eigenvalue weighted by Gasteiger charge is 2.25. The van der Waals surface area contributed by atoms with E-state index in [1.807, 2.05) is 43.3 Å². The lowest BCUT2D eigenvalue weighted by atomic mass is 10.2. The van der Waals surface area contributed by atoms with Crippen molar-refractivity contribution >= 4 is 17.2 Å². The number of carbonyl (C=O) groups is 1. The van der Waals surface area contributed by atoms with Crippen LogP contribution in [0.15, 0.2) is 60.7 Å². The Kier molecular flexibility index (Phi) is 5.32. The Morgan fingerprint density at radius 3 is 2.59 bits per heavy atom. The van der Waals surface area contributed by atoms with E-state index in [1.54, 1.807) is 0 Å². The van der Waals surface area contributed by atoms with Crippen LogP contribution >= 0.6 is 11.3 Å². The van der Waals surface area contributed by atoms with Crippen molar-refractivity contribution in [3.05, 3.63) is 76.8 Å². The van der Waals surface area contributed by atoms with Gasteiger partial charge < -0.3 is 5.32 Å². The third-order valence-corrected chi connectivity index (χ3v) is 6.09. The predicted molar refractivity (Wildman–Crippen MR) is 110 cm³/mol. The van der Waals surface area contributed by atoms with Gasteiger partial charge in [-0.1, -0.05) is 60.7 Å². The van der Waals surface area contributed by atoms with Gasteiger partial charge in [0.2, 0.25) is 0 Å². The summed E-state index contributed by atoms with van der Waals surface area (Å²) >= 11 is 1.47. The highest BCUT2D eigenvalue weighted by Crippen LogP contribution is 2.28. The fraction of sp³-hybridized carbons (Fsp3) is 0.273. The molecule has 0 unspecified atom stereocenters. The summed E-state index contributed by atoms with van der Waals surface area (Å²) in [4.78, 5) is 20.5. The molecule has 0 spiro atoms. The van der Waals surface area contributed by atoms with E-state index in [2.05, 4.69) is 39.5 Å². The molecule has 4 nitrogen and oxygen atoms in total. The third-order valence-electron chi connectivity index (χ3n) is 4.88. The van der Waals surface area contributed by atoms with Gasteiger partial charge in [-0.05, 0) is 18.9 Å². The summed E-state index contributed by atoms with van der Waals surface area (Å²) in [5, 5.41) is 4.10. The molecule has 0 saturated carbocycles. The first-order chi connectivity index (χ1) is 13.2. The molecule has 2 heterocycles. The van der Waals surface area contributed by atoms with Gasteiger partial charge in [-0.25, -0.2) is 4.98 Å². The number of benzene rings is 2. The van der Waals surface area contributed by atoms with Crippen molar-refractivity contribution in [2.24, 2.45) is 0 Å². The highest BCUT2D eigenvalue weighted by atomic mass is 32.1. The number of amides is 1. The molecule has 138 valence electrons. The van der Waals surface area contributed by atoms with E-state index in [1.165, 1.54) is 16.9 Å². The second kappa shape index (κ2) is 8.03.